The largest absolute Gasteiger partial charge is 0.441 e. The van der Waals surface area contributed by atoms with Crippen LogP contribution in [0.25, 0.3) is 11.3 Å². The van der Waals surface area contributed by atoms with E-state index in [1.165, 1.54) is 24.4 Å². The van der Waals surface area contributed by atoms with Crippen LogP contribution in [0.5, 0.6) is 0 Å². The number of carbonyl (C=O) groups excluding carboxylic acids is 1. The van der Waals surface area contributed by atoms with E-state index in [0.717, 1.165) is 24.5 Å². The molecule has 0 aliphatic rings. The molecule has 0 atom stereocenters. The van der Waals surface area contributed by atoms with Crippen LogP contribution >= 0.6 is 0 Å². The number of aryl methyl sites for hydroxylation is 1. The number of nitrogens with zero attached hydrogens (tertiary/aromatic N) is 2. The van der Waals surface area contributed by atoms with Crippen LogP contribution in [0.1, 0.15) is 12.3 Å². The lowest BCUT2D eigenvalue weighted by atomic mass is 10.1. The molecule has 0 fully saturated rings. The maximum absolute atomic E-state index is 13.8. The van der Waals surface area contributed by atoms with Gasteiger partial charge in [0.25, 0.3) is 5.69 Å². The first kappa shape index (κ1) is 24.8. The van der Waals surface area contributed by atoms with Gasteiger partial charge in [0.15, 0.2) is 21.5 Å². The van der Waals surface area contributed by atoms with E-state index in [4.69, 9.17) is 4.42 Å². The fourth-order valence-electron chi connectivity index (χ4n) is 3.03. The van der Waals surface area contributed by atoms with E-state index in [-0.39, 0.29) is 59.6 Å². The standard InChI is InChI=1S/C21H20F2N4O6S/c1-34(31,32)13-5-6-16(17(11-13)27(29)30)24-9-10-25-19(28)7-8-20-26-12-18(33-20)21-14(22)3-2-4-15(21)23/h2-6,11-12,24H,7-10H2,1H3,(H,25,28). The van der Waals surface area contributed by atoms with Crippen LogP contribution in [0.4, 0.5) is 20.2 Å². The Morgan fingerprint density at radius 2 is 1.88 bits per heavy atom. The highest BCUT2D eigenvalue weighted by Gasteiger charge is 2.19. The van der Waals surface area contributed by atoms with Crippen LogP contribution in [-0.2, 0) is 21.1 Å². The van der Waals surface area contributed by atoms with E-state index < -0.39 is 32.1 Å². The van der Waals surface area contributed by atoms with Gasteiger partial charge in [0.05, 0.1) is 21.6 Å². The minimum Gasteiger partial charge on any atom is -0.441 e. The normalized spacial score (nSPS) is 11.3. The molecule has 0 saturated carbocycles. The Balaban J connectivity index is 1.49. The monoisotopic (exact) mass is 494 g/mol. The van der Waals surface area contributed by atoms with E-state index in [2.05, 4.69) is 15.6 Å². The van der Waals surface area contributed by atoms with Gasteiger partial charge in [-0.15, -0.1) is 0 Å². The van der Waals surface area contributed by atoms with Gasteiger partial charge in [0, 0.05) is 38.3 Å². The predicted molar refractivity (Wildman–Crippen MR) is 118 cm³/mol. The summed E-state index contributed by atoms with van der Waals surface area (Å²) < 4.78 is 56.2. The Kier molecular flexibility index (Phi) is 7.56. The molecule has 13 heteroatoms. The highest BCUT2D eigenvalue weighted by molar-refractivity contribution is 7.90. The van der Waals surface area contributed by atoms with Crippen molar-refractivity contribution < 1.29 is 31.3 Å². The number of carbonyl (C=O) groups is 1. The summed E-state index contributed by atoms with van der Waals surface area (Å²) in [5.74, 6) is -1.90. The molecule has 34 heavy (non-hydrogen) atoms. The third-order valence-corrected chi connectivity index (χ3v) is 5.80. The molecule has 0 aliphatic heterocycles. The van der Waals surface area contributed by atoms with Crippen molar-refractivity contribution in [2.75, 3.05) is 24.7 Å². The maximum atomic E-state index is 13.8. The van der Waals surface area contributed by atoms with Gasteiger partial charge in [-0.25, -0.2) is 22.2 Å². The Hall–Kier alpha value is -3.87. The molecular weight excluding hydrogens is 474 g/mol. The third-order valence-electron chi connectivity index (χ3n) is 4.69. The van der Waals surface area contributed by atoms with Crippen molar-refractivity contribution >= 4 is 27.1 Å². The predicted octanol–water partition coefficient (Wildman–Crippen LogP) is 3.09. The topological polar surface area (TPSA) is 144 Å². The lowest BCUT2D eigenvalue weighted by Crippen LogP contribution is -2.29. The summed E-state index contributed by atoms with van der Waals surface area (Å²) in [6.07, 6.45) is 2.21. The van der Waals surface area contributed by atoms with Crippen molar-refractivity contribution in [3.63, 3.8) is 0 Å². The lowest BCUT2D eigenvalue weighted by molar-refractivity contribution is -0.384. The van der Waals surface area contributed by atoms with Crippen molar-refractivity contribution in [3.05, 3.63) is 70.2 Å². The van der Waals surface area contributed by atoms with Crippen LogP contribution in [0.3, 0.4) is 0 Å². The molecule has 0 bridgehead atoms. The molecule has 0 spiro atoms. The molecule has 3 rings (SSSR count). The van der Waals surface area contributed by atoms with Gasteiger partial charge in [-0.05, 0) is 24.3 Å². The number of nitro benzene ring substituents is 1. The first-order chi connectivity index (χ1) is 16.1. The average Bonchev–Trinajstić information content (AvgIpc) is 3.23. The number of oxazole rings is 1. The molecule has 2 aromatic carbocycles. The zero-order valence-electron chi connectivity index (χ0n) is 17.9. The number of hydrogen-bond donors (Lipinski definition) is 2. The van der Waals surface area contributed by atoms with Crippen LogP contribution in [0.15, 0.2) is 51.9 Å². The Morgan fingerprint density at radius 1 is 1.18 bits per heavy atom. The second-order valence-electron chi connectivity index (χ2n) is 7.20. The van der Waals surface area contributed by atoms with Crippen molar-refractivity contribution in [1.82, 2.24) is 10.3 Å². The van der Waals surface area contributed by atoms with E-state index in [9.17, 15) is 32.1 Å². The molecule has 10 nitrogen and oxygen atoms in total. The van der Waals surface area contributed by atoms with Gasteiger partial charge >= 0.3 is 0 Å². The summed E-state index contributed by atoms with van der Waals surface area (Å²) in [6.45, 7) is 0.265. The van der Waals surface area contributed by atoms with E-state index in [1.54, 1.807) is 0 Å². The molecule has 2 N–H and O–H groups in total. The van der Waals surface area contributed by atoms with Crippen LogP contribution < -0.4 is 10.6 Å². The third kappa shape index (κ3) is 6.13. The number of aromatic nitrogens is 1. The van der Waals surface area contributed by atoms with Crippen molar-refractivity contribution in [1.29, 1.82) is 0 Å². The molecular formula is C21H20F2N4O6S. The zero-order valence-corrected chi connectivity index (χ0v) is 18.7. The molecule has 180 valence electrons. The summed E-state index contributed by atoms with van der Waals surface area (Å²) in [5, 5.41) is 16.6. The molecule has 0 unspecified atom stereocenters. The first-order valence-electron chi connectivity index (χ1n) is 9.94. The van der Waals surface area contributed by atoms with Crippen LogP contribution in [-0.4, -0.2) is 43.6 Å². The van der Waals surface area contributed by atoms with Gasteiger partial charge in [-0.1, -0.05) is 6.07 Å². The highest BCUT2D eigenvalue weighted by atomic mass is 32.2. The number of halogens is 2. The Morgan fingerprint density at radius 3 is 2.53 bits per heavy atom. The van der Waals surface area contributed by atoms with Crippen molar-refractivity contribution in [3.8, 4) is 11.3 Å². The van der Waals surface area contributed by atoms with Crippen LogP contribution in [0.2, 0.25) is 0 Å². The van der Waals surface area contributed by atoms with Gasteiger partial charge in [0.2, 0.25) is 5.91 Å². The maximum Gasteiger partial charge on any atom is 0.293 e. The van der Waals surface area contributed by atoms with Crippen molar-refractivity contribution in [2.24, 2.45) is 0 Å². The SMILES string of the molecule is CS(=O)(=O)c1ccc(NCCNC(=O)CCc2ncc(-c3c(F)cccc3F)o2)c([N+](=O)[O-])c1. The fourth-order valence-corrected chi connectivity index (χ4v) is 3.67. The number of hydrogen-bond acceptors (Lipinski definition) is 8. The van der Waals surface area contributed by atoms with Gasteiger partial charge in [-0.2, -0.15) is 0 Å². The number of nitrogens with one attached hydrogen (secondary N) is 2. The Bertz CT molecular complexity index is 1310. The average molecular weight is 494 g/mol. The summed E-state index contributed by atoms with van der Waals surface area (Å²) in [6, 6.07) is 6.92. The van der Waals surface area contributed by atoms with Crippen molar-refractivity contribution in [2.45, 2.75) is 17.7 Å². The van der Waals surface area contributed by atoms with E-state index in [1.807, 2.05) is 0 Å². The summed E-state index contributed by atoms with van der Waals surface area (Å²) in [5.41, 5.74) is -0.630. The van der Waals surface area contributed by atoms with Crippen LogP contribution in [0, 0.1) is 21.7 Å². The molecule has 0 saturated heterocycles. The number of amides is 1. The number of anilines is 1. The summed E-state index contributed by atoms with van der Waals surface area (Å²) in [4.78, 5) is 26.3. The van der Waals surface area contributed by atoms with E-state index >= 15 is 0 Å². The van der Waals surface area contributed by atoms with E-state index in [0.29, 0.717) is 0 Å². The summed E-state index contributed by atoms with van der Waals surface area (Å²) in [7, 11) is -3.60. The van der Waals surface area contributed by atoms with Gasteiger partial charge in [-0.3, -0.25) is 14.9 Å². The number of sulfone groups is 1. The molecule has 0 radical (unpaired) electrons. The molecule has 0 aliphatic carbocycles. The molecule has 1 aromatic heterocycles. The Labute approximate surface area is 193 Å². The summed E-state index contributed by atoms with van der Waals surface area (Å²) >= 11 is 0. The van der Waals surface area contributed by atoms with Gasteiger partial charge in [0.1, 0.15) is 17.3 Å². The zero-order chi connectivity index (χ0) is 24.9. The minimum absolute atomic E-state index is 0.0110. The lowest BCUT2D eigenvalue weighted by Gasteiger charge is -2.09. The quantitative estimate of drug-likeness (QED) is 0.249. The first-order valence-corrected chi connectivity index (χ1v) is 11.8. The smallest absolute Gasteiger partial charge is 0.293 e. The number of nitro groups is 1. The number of benzene rings is 2. The highest BCUT2D eigenvalue weighted by Crippen LogP contribution is 2.28. The second-order valence-corrected chi connectivity index (χ2v) is 9.22. The second kappa shape index (κ2) is 10.4. The van der Waals surface area contributed by atoms with Gasteiger partial charge < -0.3 is 15.1 Å². The molecule has 3 aromatic rings. The fraction of sp³-hybridized carbons (Fsp3) is 0.238. The number of rotatable bonds is 10. The minimum atomic E-state index is -3.60. The molecule has 1 heterocycles. The molecule has 1 amide bonds.